The van der Waals surface area contributed by atoms with Crippen LogP contribution in [0.25, 0.3) is 0 Å². The number of carbonyl (C=O) groups excluding carboxylic acids is 2. The standard InChI is InChI=1S/C19H28N2O2S/c1-6-20(17(22)13(2)3)11-12-21-18(23)15(5)24-19(21)16-10-8-7-9-14(16)4/h7-10,13,15,19H,6,11-12H2,1-5H3. The molecule has 0 spiro atoms. The molecule has 1 aliphatic heterocycles. The zero-order valence-corrected chi connectivity index (χ0v) is 16.1. The highest BCUT2D eigenvalue weighted by molar-refractivity contribution is 8.01. The van der Waals surface area contributed by atoms with E-state index in [9.17, 15) is 9.59 Å². The Hall–Kier alpha value is -1.49. The first-order valence-corrected chi connectivity index (χ1v) is 9.61. The molecular weight excluding hydrogens is 320 g/mol. The van der Waals surface area contributed by atoms with Crippen LogP contribution in [-0.4, -0.2) is 46.5 Å². The first-order chi connectivity index (χ1) is 11.4. The van der Waals surface area contributed by atoms with Gasteiger partial charge in [0.2, 0.25) is 11.8 Å². The van der Waals surface area contributed by atoms with Gasteiger partial charge in [0.05, 0.1) is 5.25 Å². The molecule has 4 nitrogen and oxygen atoms in total. The van der Waals surface area contributed by atoms with Crippen molar-refractivity contribution in [2.45, 2.75) is 45.2 Å². The highest BCUT2D eigenvalue weighted by Crippen LogP contribution is 2.43. The lowest BCUT2D eigenvalue weighted by molar-refractivity contribution is -0.136. The zero-order valence-electron chi connectivity index (χ0n) is 15.3. The molecule has 0 bridgehead atoms. The third-order valence-corrected chi connectivity index (χ3v) is 5.88. The summed E-state index contributed by atoms with van der Waals surface area (Å²) in [6.45, 7) is 11.7. The van der Waals surface area contributed by atoms with Gasteiger partial charge in [-0.25, -0.2) is 0 Å². The SMILES string of the molecule is CCN(CCN1C(=O)C(C)SC1c1ccccc1C)C(=O)C(C)C. The number of likely N-dealkylation sites (N-methyl/N-ethyl adjacent to an activating group) is 1. The second-order valence-electron chi connectivity index (χ2n) is 6.59. The fourth-order valence-corrected chi connectivity index (χ4v) is 4.43. The van der Waals surface area contributed by atoms with Gasteiger partial charge in [0.1, 0.15) is 5.37 Å². The molecular formula is C19H28N2O2S. The van der Waals surface area contributed by atoms with Gasteiger partial charge in [-0.3, -0.25) is 9.59 Å². The summed E-state index contributed by atoms with van der Waals surface area (Å²) < 4.78 is 0. The first kappa shape index (κ1) is 18.8. The van der Waals surface area contributed by atoms with Crippen molar-refractivity contribution in [2.75, 3.05) is 19.6 Å². The average Bonchev–Trinajstić information content (AvgIpc) is 2.83. The number of thioether (sulfide) groups is 1. The highest BCUT2D eigenvalue weighted by atomic mass is 32.2. The van der Waals surface area contributed by atoms with E-state index in [2.05, 4.69) is 19.1 Å². The van der Waals surface area contributed by atoms with Crippen molar-refractivity contribution in [2.24, 2.45) is 5.92 Å². The Kier molecular flexibility index (Phi) is 6.33. The summed E-state index contributed by atoms with van der Waals surface area (Å²) in [4.78, 5) is 28.6. The zero-order chi connectivity index (χ0) is 17.9. The predicted molar refractivity (Wildman–Crippen MR) is 99.8 cm³/mol. The molecule has 5 heteroatoms. The van der Waals surface area contributed by atoms with Crippen molar-refractivity contribution in [3.63, 3.8) is 0 Å². The van der Waals surface area contributed by atoms with Crippen LogP contribution in [0.15, 0.2) is 24.3 Å². The minimum absolute atomic E-state index is 0.0142. The maximum absolute atomic E-state index is 12.6. The van der Waals surface area contributed by atoms with Gasteiger partial charge in [0.15, 0.2) is 0 Å². The number of benzene rings is 1. The van der Waals surface area contributed by atoms with Crippen LogP contribution in [0.2, 0.25) is 0 Å². The molecule has 0 aromatic heterocycles. The van der Waals surface area contributed by atoms with Gasteiger partial charge in [-0.15, -0.1) is 11.8 Å². The van der Waals surface area contributed by atoms with E-state index in [1.54, 1.807) is 11.8 Å². The van der Waals surface area contributed by atoms with Crippen LogP contribution in [-0.2, 0) is 9.59 Å². The number of hydrogen-bond acceptors (Lipinski definition) is 3. The fraction of sp³-hybridized carbons (Fsp3) is 0.579. The van der Waals surface area contributed by atoms with Gasteiger partial charge in [-0.1, -0.05) is 38.1 Å². The van der Waals surface area contributed by atoms with Crippen LogP contribution in [0.4, 0.5) is 0 Å². The summed E-state index contributed by atoms with van der Waals surface area (Å²) in [5, 5.41) is 0.00652. The number of carbonyl (C=O) groups is 2. The molecule has 2 unspecified atom stereocenters. The van der Waals surface area contributed by atoms with Crippen LogP contribution in [0.5, 0.6) is 0 Å². The van der Waals surface area contributed by atoms with E-state index < -0.39 is 0 Å². The smallest absolute Gasteiger partial charge is 0.236 e. The quantitative estimate of drug-likeness (QED) is 0.790. The summed E-state index contributed by atoms with van der Waals surface area (Å²) >= 11 is 1.70. The van der Waals surface area contributed by atoms with Gasteiger partial charge in [0, 0.05) is 25.6 Å². The van der Waals surface area contributed by atoms with E-state index >= 15 is 0 Å². The number of nitrogens with zero attached hydrogens (tertiary/aromatic N) is 2. The summed E-state index contributed by atoms with van der Waals surface area (Å²) in [6.07, 6.45) is 0. The van der Waals surface area contributed by atoms with E-state index in [-0.39, 0.29) is 28.4 Å². The topological polar surface area (TPSA) is 40.6 Å². The lowest BCUT2D eigenvalue weighted by Gasteiger charge is -2.29. The lowest BCUT2D eigenvalue weighted by atomic mass is 10.1. The van der Waals surface area contributed by atoms with Gasteiger partial charge in [-0.05, 0) is 31.9 Å². The normalized spacial score (nSPS) is 20.8. The number of hydrogen-bond donors (Lipinski definition) is 0. The molecule has 1 aromatic carbocycles. The van der Waals surface area contributed by atoms with E-state index in [0.29, 0.717) is 19.6 Å². The molecule has 0 saturated carbocycles. The van der Waals surface area contributed by atoms with Crippen molar-refractivity contribution in [1.82, 2.24) is 9.80 Å². The van der Waals surface area contributed by atoms with Crippen LogP contribution in [0, 0.1) is 12.8 Å². The highest BCUT2D eigenvalue weighted by Gasteiger charge is 2.39. The molecule has 1 fully saturated rings. The Morgan fingerprint density at radius 2 is 2.00 bits per heavy atom. The van der Waals surface area contributed by atoms with Gasteiger partial charge in [-0.2, -0.15) is 0 Å². The van der Waals surface area contributed by atoms with E-state index in [1.165, 1.54) is 11.1 Å². The lowest BCUT2D eigenvalue weighted by Crippen LogP contribution is -2.42. The minimum atomic E-state index is -0.0366. The van der Waals surface area contributed by atoms with Crippen LogP contribution < -0.4 is 0 Å². The molecule has 132 valence electrons. The molecule has 1 aliphatic rings. The van der Waals surface area contributed by atoms with Gasteiger partial charge < -0.3 is 9.80 Å². The van der Waals surface area contributed by atoms with Crippen molar-refractivity contribution in [1.29, 1.82) is 0 Å². The molecule has 1 aromatic rings. The fourth-order valence-electron chi connectivity index (χ4n) is 3.02. The summed E-state index contributed by atoms with van der Waals surface area (Å²) in [5.74, 6) is 0.304. The number of rotatable bonds is 6. The first-order valence-electron chi connectivity index (χ1n) is 8.67. The molecule has 0 aliphatic carbocycles. The average molecular weight is 349 g/mol. The second kappa shape index (κ2) is 8.06. The molecule has 1 heterocycles. The molecule has 2 rings (SSSR count). The Balaban J connectivity index is 2.15. The summed E-state index contributed by atoms with van der Waals surface area (Å²) in [6, 6.07) is 8.23. The van der Waals surface area contributed by atoms with E-state index in [1.807, 2.05) is 49.6 Å². The van der Waals surface area contributed by atoms with Crippen LogP contribution >= 0.6 is 11.8 Å². The van der Waals surface area contributed by atoms with E-state index in [0.717, 1.165) is 0 Å². The maximum atomic E-state index is 12.6. The van der Waals surface area contributed by atoms with Crippen LogP contribution in [0.1, 0.15) is 44.2 Å². The maximum Gasteiger partial charge on any atom is 0.236 e. The second-order valence-corrected chi connectivity index (χ2v) is 8.02. The van der Waals surface area contributed by atoms with Crippen molar-refractivity contribution < 1.29 is 9.59 Å². The van der Waals surface area contributed by atoms with Crippen molar-refractivity contribution in [3.05, 3.63) is 35.4 Å². The van der Waals surface area contributed by atoms with Crippen molar-refractivity contribution >= 4 is 23.6 Å². The largest absolute Gasteiger partial charge is 0.341 e. The summed E-state index contributed by atoms with van der Waals surface area (Å²) in [7, 11) is 0. The summed E-state index contributed by atoms with van der Waals surface area (Å²) in [5.41, 5.74) is 2.39. The third kappa shape index (κ3) is 3.94. The molecule has 2 amide bonds. The molecule has 2 atom stereocenters. The Bertz CT molecular complexity index is 603. The van der Waals surface area contributed by atoms with Gasteiger partial charge in [0.25, 0.3) is 0 Å². The Morgan fingerprint density at radius 3 is 2.58 bits per heavy atom. The number of aryl methyl sites for hydroxylation is 1. The van der Waals surface area contributed by atoms with Crippen molar-refractivity contribution in [3.8, 4) is 0 Å². The predicted octanol–water partition coefficient (Wildman–Crippen LogP) is 3.46. The van der Waals surface area contributed by atoms with Gasteiger partial charge >= 0.3 is 0 Å². The minimum Gasteiger partial charge on any atom is -0.341 e. The number of amides is 2. The van der Waals surface area contributed by atoms with Crippen LogP contribution in [0.3, 0.4) is 0 Å². The molecule has 1 saturated heterocycles. The monoisotopic (exact) mass is 348 g/mol. The molecule has 0 N–H and O–H groups in total. The molecule has 0 radical (unpaired) electrons. The molecule has 24 heavy (non-hydrogen) atoms. The third-order valence-electron chi connectivity index (χ3n) is 4.50. The van der Waals surface area contributed by atoms with E-state index in [4.69, 9.17) is 0 Å². The Morgan fingerprint density at radius 1 is 1.33 bits per heavy atom. The Labute approximate surface area is 149 Å².